The monoisotopic (exact) mass is 1070 g/mol. The van der Waals surface area contributed by atoms with Gasteiger partial charge >= 0.3 is 11.9 Å². The Labute approximate surface area is 474 Å². The summed E-state index contributed by atoms with van der Waals surface area (Å²) in [5, 5.41) is 0. The molecule has 12 rings (SSSR count). The molecule has 4 fully saturated rings. The van der Waals surface area contributed by atoms with Gasteiger partial charge in [0.05, 0.1) is 24.3 Å². The second kappa shape index (κ2) is 24.6. The van der Waals surface area contributed by atoms with Crippen molar-refractivity contribution in [3.63, 3.8) is 0 Å². The van der Waals surface area contributed by atoms with Crippen LogP contribution in [0.15, 0.2) is 170 Å². The maximum Gasteiger partial charge on any atom is 0.338 e. The van der Waals surface area contributed by atoms with Crippen LogP contribution in [0.2, 0.25) is 0 Å². The first kappa shape index (κ1) is 53.3. The van der Waals surface area contributed by atoms with E-state index in [0.29, 0.717) is 24.3 Å². The van der Waals surface area contributed by atoms with Crippen molar-refractivity contribution in [2.24, 2.45) is 47.3 Å². The van der Waals surface area contributed by atoms with E-state index in [0.717, 1.165) is 155 Å². The summed E-state index contributed by atoms with van der Waals surface area (Å²) in [7, 11) is 0. The number of esters is 2. The third-order valence-corrected chi connectivity index (χ3v) is 18.6. The maximum absolute atomic E-state index is 13.5. The molecule has 8 heteroatoms. The molecule has 8 nitrogen and oxygen atoms in total. The summed E-state index contributed by atoms with van der Waals surface area (Å²) in [6.45, 7) is 10.5. The van der Waals surface area contributed by atoms with E-state index in [1.807, 2.05) is 24.3 Å². The SMILES string of the molecule is CCCCCCOc1ccc(/C(=C(\c2ccc(COC(=O)c3ccc(N4CC5C6C=CC(C6)C5C4)cc3)cc2)c2ccc(OCCCCCC)cc2)c2ccc(COC(=O)c3ccc(N4CC5C6C=CC(C6)C5C4)cc3)cc2)cc1. The minimum Gasteiger partial charge on any atom is -0.494 e. The normalized spacial score (nSPS) is 23.1. The van der Waals surface area contributed by atoms with Gasteiger partial charge in [-0.05, 0) is 190 Å². The van der Waals surface area contributed by atoms with Crippen molar-refractivity contribution in [2.75, 3.05) is 49.2 Å². The van der Waals surface area contributed by atoms with E-state index in [1.165, 1.54) is 49.9 Å². The van der Waals surface area contributed by atoms with Crippen LogP contribution in [-0.4, -0.2) is 51.3 Å². The first-order valence-electron chi connectivity index (χ1n) is 30.2. The highest BCUT2D eigenvalue weighted by Crippen LogP contribution is 2.53. The van der Waals surface area contributed by atoms with E-state index in [9.17, 15) is 9.59 Å². The molecular weight excluding hydrogens is 989 g/mol. The van der Waals surface area contributed by atoms with Gasteiger partial charge in [0.2, 0.25) is 0 Å². The molecule has 0 aromatic heterocycles. The van der Waals surface area contributed by atoms with Gasteiger partial charge in [-0.3, -0.25) is 0 Å². The standard InChI is InChI=1S/C72H78N2O6/c1-3-5-7-9-39-77-63-35-27-53(28-36-63)69(51-15-11-49(12-16-51)47-79-71(75)55-23-31-61(32-24-55)73-43-65-57-19-20-58(41-57)66(65)44-73)70(54-29-37-64(38-30-54)78-40-10-8-6-4-2)52-17-13-50(14-18-52)48-80-72(76)56-25-33-62(34-26-56)74-45-67-59-21-22-60(42-59)68(67)46-74/h11-38,57-60,65-68H,3-10,39-48H2,1-2H3/b70-69+. The van der Waals surface area contributed by atoms with Crippen LogP contribution in [0, 0.1) is 47.3 Å². The molecule has 0 spiro atoms. The number of hydrogen-bond donors (Lipinski definition) is 0. The molecule has 2 saturated carbocycles. The van der Waals surface area contributed by atoms with Crippen LogP contribution in [0.25, 0.3) is 11.1 Å². The average Bonchev–Trinajstić information content (AvgIpc) is 4.39. The minimum atomic E-state index is -0.332. The van der Waals surface area contributed by atoms with Gasteiger partial charge in [-0.2, -0.15) is 0 Å². The number of nitrogens with zero attached hydrogens (tertiary/aromatic N) is 2. The number of carbonyl (C=O) groups excluding carboxylic acids is 2. The fourth-order valence-corrected chi connectivity index (χ4v) is 14.1. The van der Waals surface area contributed by atoms with Crippen LogP contribution in [0.3, 0.4) is 0 Å². The molecule has 8 atom stereocenters. The van der Waals surface area contributed by atoms with Crippen molar-refractivity contribution >= 4 is 34.5 Å². The van der Waals surface area contributed by atoms with E-state index >= 15 is 0 Å². The fourth-order valence-electron chi connectivity index (χ4n) is 14.1. The van der Waals surface area contributed by atoms with E-state index in [-0.39, 0.29) is 25.2 Å². The summed E-state index contributed by atoms with van der Waals surface area (Å²) in [4.78, 5) is 32.0. The molecule has 0 radical (unpaired) electrons. The quantitative estimate of drug-likeness (QED) is 0.0257. The summed E-state index contributed by atoms with van der Waals surface area (Å²) >= 11 is 0. The second-order valence-electron chi connectivity index (χ2n) is 23.6. The topological polar surface area (TPSA) is 77.5 Å². The summed E-state index contributed by atoms with van der Waals surface area (Å²) in [5.74, 6) is 6.94. The largest absolute Gasteiger partial charge is 0.494 e. The predicted molar refractivity (Wildman–Crippen MR) is 321 cm³/mol. The molecule has 8 unspecified atom stereocenters. The molecule has 2 heterocycles. The zero-order valence-corrected chi connectivity index (χ0v) is 46.9. The number of anilines is 2. The molecule has 6 aliphatic rings. The van der Waals surface area contributed by atoms with Crippen molar-refractivity contribution in [3.8, 4) is 11.5 Å². The summed E-state index contributed by atoms with van der Waals surface area (Å²) in [6.07, 6.45) is 21.6. The summed E-state index contributed by atoms with van der Waals surface area (Å²) in [6, 6.07) is 49.6. The fraction of sp³-hybridized carbons (Fsp3) is 0.389. The Kier molecular flexibility index (Phi) is 16.4. The van der Waals surface area contributed by atoms with Crippen LogP contribution in [0.5, 0.6) is 11.5 Å². The number of hydrogen-bond acceptors (Lipinski definition) is 8. The lowest BCUT2D eigenvalue weighted by Gasteiger charge is -2.21. The van der Waals surface area contributed by atoms with Gasteiger partial charge in [0.15, 0.2) is 0 Å². The Bertz CT molecular complexity index is 2910. The highest BCUT2D eigenvalue weighted by atomic mass is 16.5. The Morgan fingerprint density at radius 2 is 0.700 bits per heavy atom. The molecule has 80 heavy (non-hydrogen) atoms. The lowest BCUT2D eigenvalue weighted by Crippen LogP contribution is -2.22. The van der Waals surface area contributed by atoms with Crippen molar-refractivity contribution in [1.29, 1.82) is 0 Å². The highest BCUT2D eigenvalue weighted by Gasteiger charge is 2.50. The first-order valence-corrected chi connectivity index (χ1v) is 30.2. The van der Waals surface area contributed by atoms with E-state index in [1.54, 1.807) is 0 Å². The van der Waals surface area contributed by atoms with Gasteiger partial charge in [0.25, 0.3) is 0 Å². The Morgan fingerprint density at radius 1 is 0.388 bits per heavy atom. The lowest BCUT2D eigenvalue weighted by atomic mass is 9.85. The molecule has 2 saturated heterocycles. The van der Waals surface area contributed by atoms with E-state index in [2.05, 4.69) is 169 Å². The number of rotatable bonds is 24. The van der Waals surface area contributed by atoms with E-state index in [4.69, 9.17) is 18.9 Å². The van der Waals surface area contributed by atoms with Crippen LogP contribution in [0.4, 0.5) is 11.4 Å². The minimum absolute atomic E-state index is 0.151. The Morgan fingerprint density at radius 3 is 1.02 bits per heavy atom. The average molecular weight is 1070 g/mol. The van der Waals surface area contributed by atoms with Crippen molar-refractivity contribution in [3.05, 3.63) is 214 Å². The molecule has 0 amide bonds. The smallest absolute Gasteiger partial charge is 0.338 e. The van der Waals surface area contributed by atoms with Gasteiger partial charge in [0, 0.05) is 37.6 Å². The number of unbranched alkanes of at least 4 members (excludes halogenated alkanes) is 6. The van der Waals surface area contributed by atoms with Gasteiger partial charge in [0.1, 0.15) is 24.7 Å². The molecule has 6 aromatic rings. The molecular formula is C72H78N2O6. The van der Waals surface area contributed by atoms with Crippen LogP contribution >= 0.6 is 0 Å². The number of carbonyl (C=O) groups is 2. The number of fused-ring (bicyclic) bond motifs is 10. The van der Waals surface area contributed by atoms with Crippen LogP contribution < -0.4 is 19.3 Å². The molecule has 0 N–H and O–H groups in total. The lowest BCUT2D eigenvalue weighted by molar-refractivity contribution is 0.0464. The molecule has 4 aliphatic carbocycles. The first-order chi connectivity index (χ1) is 39.3. The van der Waals surface area contributed by atoms with E-state index < -0.39 is 0 Å². The molecule has 2 aliphatic heterocycles. The summed E-state index contributed by atoms with van der Waals surface area (Å²) < 4.78 is 24.4. The zero-order valence-electron chi connectivity index (χ0n) is 46.9. The third-order valence-electron chi connectivity index (χ3n) is 18.6. The van der Waals surface area contributed by atoms with Crippen LogP contribution in [-0.2, 0) is 22.7 Å². The summed E-state index contributed by atoms with van der Waals surface area (Å²) in [5.41, 5.74) is 11.4. The van der Waals surface area contributed by atoms with Gasteiger partial charge < -0.3 is 28.7 Å². The number of benzene rings is 6. The number of ether oxygens (including phenoxy) is 4. The molecule has 6 aromatic carbocycles. The van der Waals surface area contributed by atoms with Crippen molar-refractivity contribution in [2.45, 2.75) is 91.3 Å². The second-order valence-corrected chi connectivity index (χ2v) is 23.6. The van der Waals surface area contributed by atoms with Crippen molar-refractivity contribution < 1.29 is 28.5 Å². The highest BCUT2D eigenvalue weighted by molar-refractivity contribution is 6.04. The molecule has 4 bridgehead atoms. The third kappa shape index (κ3) is 11.8. The zero-order chi connectivity index (χ0) is 54.4. The predicted octanol–water partition coefficient (Wildman–Crippen LogP) is 15.8. The molecule has 412 valence electrons. The van der Waals surface area contributed by atoms with Gasteiger partial charge in [-0.15, -0.1) is 0 Å². The Hall–Kier alpha value is -7.32. The Balaban J connectivity index is 0.779. The van der Waals surface area contributed by atoms with Crippen molar-refractivity contribution in [1.82, 2.24) is 0 Å². The van der Waals surface area contributed by atoms with Gasteiger partial charge in [-0.25, -0.2) is 9.59 Å². The maximum atomic E-state index is 13.5. The van der Waals surface area contributed by atoms with Crippen LogP contribution in [0.1, 0.15) is 132 Å². The van der Waals surface area contributed by atoms with Gasteiger partial charge in [-0.1, -0.05) is 149 Å². The number of allylic oxidation sites excluding steroid dienone is 4.